The van der Waals surface area contributed by atoms with Crippen molar-refractivity contribution in [2.45, 2.75) is 31.6 Å². The summed E-state index contributed by atoms with van der Waals surface area (Å²) in [5.74, 6) is 1.11. The number of rotatable bonds is 8. The highest BCUT2D eigenvalue weighted by Gasteiger charge is 2.26. The Morgan fingerprint density at radius 1 is 1.17 bits per heavy atom. The number of amides is 2. The van der Waals surface area contributed by atoms with Crippen LogP contribution in [-0.2, 0) is 17.6 Å². The Hall–Kier alpha value is -3.65. The van der Waals surface area contributed by atoms with Crippen LogP contribution in [0.3, 0.4) is 0 Å². The van der Waals surface area contributed by atoms with Gasteiger partial charge in [-0.05, 0) is 48.6 Å². The second-order valence-corrected chi connectivity index (χ2v) is 10.0. The maximum atomic E-state index is 12.9. The predicted molar refractivity (Wildman–Crippen MR) is 142 cm³/mol. The van der Waals surface area contributed by atoms with Crippen LogP contribution in [0.2, 0.25) is 0 Å². The van der Waals surface area contributed by atoms with Gasteiger partial charge in [-0.25, -0.2) is 4.98 Å². The molecule has 4 aromatic rings. The van der Waals surface area contributed by atoms with E-state index in [2.05, 4.69) is 21.4 Å². The molecule has 2 aromatic carbocycles. The molecule has 1 saturated heterocycles. The number of nitrogens with one attached hydrogen (secondary N) is 2. The molecule has 0 unspecified atom stereocenters. The van der Waals surface area contributed by atoms with E-state index in [4.69, 9.17) is 4.74 Å². The molecular weight excluding hydrogens is 472 g/mol. The first-order chi connectivity index (χ1) is 17.6. The Kier molecular flexibility index (Phi) is 7.32. The molecule has 5 rings (SSSR count). The van der Waals surface area contributed by atoms with E-state index < -0.39 is 0 Å². The number of carbonyl (C=O) groups is 2. The zero-order chi connectivity index (χ0) is 24.9. The molecule has 2 N–H and O–H groups in total. The van der Waals surface area contributed by atoms with Crippen molar-refractivity contribution in [3.05, 3.63) is 81.9 Å². The molecule has 0 bridgehead atoms. The zero-order valence-electron chi connectivity index (χ0n) is 20.3. The molecule has 36 heavy (non-hydrogen) atoms. The van der Waals surface area contributed by atoms with E-state index in [1.165, 1.54) is 11.3 Å². The molecule has 3 heterocycles. The summed E-state index contributed by atoms with van der Waals surface area (Å²) in [6.07, 6.45) is 4.80. The van der Waals surface area contributed by atoms with E-state index in [1.807, 2.05) is 58.9 Å². The third kappa shape index (κ3) is 5.44. The van der Waals surface area contributed by atoms with Crippen LogP contribution in [0.5, 0.6) is 5.75 Å². The second-order valence-electron chi connectivity index (χ2n) is 9.12. The first-order valence-electron chi connectivity index (χ1n) is 12.3. The van der Waals surface area contributed by atoms with Crippen LogP contribution in [0.25, 0.3) is 10.9 Å². The first-order valence-corrected chi connectivity index (χ1v) is 13.2. The predicted octanol–water partition coefficient (Wildman–Crippen LogP) is 4.55. The van der Waals surface area contributed by atoms with Gasteiger partial charge in [0.05, 0.1) is 18.5 Å². The number of para-hydroxylation sites is 1. The number of thiazole rings is 1. The minimum Gasteiger partial charge on any atom is -0.497 e. The lowest BCUT2D eigenvalue weighted by atomic mass is 9.97. The Bertz CT molecular complexity index is 1350. The summed E-state index contributed by atoms with van der Waals surface area (Å²) >= 11 is 1.54. The third-order valence-corrected chi connectivity index (χ3v) is 7.81. The number of benzene rings is 2. The fraction of sp³-hybridized carbons (Fsp3) is 0.321. The SMILES string of the molecule is COc1cccc(CCNC(=O)c2csc(C3CCN(C(=O)Cc4c[nH]c5ccccc45)CC3)n2)c1. The van der Waals surface area contributed by atoms with Gasteiger partial charge in [0.15, 0.2) is 0 Å². The standard InChI is InChI=1S/C28H30N4O3S/c1-35-22-6-4-5-19(15-22)9-12-29-27(34)25-18-36-28(31-25)20-10-13-32(14-11-20)26(33)16-21-17-30-24-8-3-2-7-23(21)24/h2-8,15,17-18,20,30H,9-14,16H2,1H3,(H,29,34). The Morgan fingerprint density at radius 2 is 2.00 bits per heavy atom. The molecule has 8 heteroatoms. The van der Waals surface area contributed by atoms with Gasteiger partial charge < -0.3 is 19.9 Å². The van der Waals surface area contributed by atoms with Gasteiger partial charge in [0, 0.05) is 48.0 Å². The maximum absolute atomic E-state index is 12.9. The van der Waals surface area contributed by atoms with Gasteiger partial charge in [-0.15, -0.1) is 11.3 Å². The fourth-order valence-electron chi connectivity index (χ4n) is 4.75. The number of H-pyrrole nitrogens is 1. The van der Waals surface area contributed by atoms with Gasteiger partial charge in [-0.2, -0.15) is 0 Å². The normalized spacial score (nSPS) is 14.2. The van der Waals surface area contributed by atoms with Crippen LogP contribution in [0.1, 0.15) is 45.4 Å². The number of methoxy groups -OCH3 is 1. The van der Waals surface area contributed by atoms with Crippen molar-refractivity contribution in [1.82, 2.24) is 20.2 Å². The number of likely N-dealkylation sites (tertiary alicyclic amines) is 1. The van der Waals surface area contributed by atoms with Gasteiger partial charge in [0.2, 0.25) is 5.91 Å². The van der Waals surface area contributed by atoms with Crippen LogP contribution in [-0.4, -0.2) is 53.4 Å². The number of piperidine rings is 1. The molecule has 2 amide bonds. The number of nitrogens with zero attached hydrogens (tertiary/aromatic N) is 2. The summed E-state index contributed by atoms with van der Waals surface area (Å²) < 4.78 is 5.25. The molecule has 0 atom stereocenters. The highest BCUT2D eigenvalue weighted by Crippen LogP contribution is 2.31. The van der Waals surface area contributed by atoms with Crippen molar-refractivity contribution < 1.29 is 14.3 Å². The second kappa shape index (κ2) is 11.0. The average molecular weight is 503 g/mol. The molecule has 0 spiro atoms. The Morgan fingerprint density at radius 3 is 2.83 bits per heavy atom. The Balaban J connectivity index is 1.10. The smallest absolute Gasteiger partial charge is 0.270 e. The van der Waals surface area contributed by atoms with Crippen LogP contribution in [0.15, 0.2) is 60.1 Å². The van der Waals surface area contributed by atoms with E-state index in [-0.39, 0.29) is 17.7 Å². The molecule has 7 nitrogen and oxygen atoms in total. The van der Waals surface area contributed by atoms with Gasteiger partial charge in [0.1, 0.15) is 11.4 Å². The van der Waals surface area contributed by atoms with Crippen LogP contribution in [0.4, 0.5) is 0 Å². The summed E-state index contributed by atoms with van der Waals surface area (Å²) in [6, 6.07) is 15.9. The molecule has 186 valence electrons. The highest BCUT2D eigenvalue weighted by atomic mass is 32.1. The largest absolute Gasteiger partial charge is 0.497 e. The van der Waals surface area contributed by atoms with Crippen LogP contribution in [0, 0.1) is 0 Å². The minimum absolute atomic E-state index is 0.147. The van der Waals surface area contributed by atoms with E-state index in [0.717, 1.165) is 52.0 Å². The average Bonchev–Trinajstić information content (AvgIpc) is 3.57. The van der Waals surface area contributed by atoms with Crippen molar-refractivity contribution in [3.8, 4) is 5.75 Å². The van der Waals surface area contributed by atoms with Gasteiger partial charge in [0.25, 0.3) is 5.91 Å². The number of aromatic amines is 1. The molecule has 0 radical (unpaired) electrons. The number of aromatic nitrogens is 2. The van der Waals surface area contributed by atoms with E-state index in [9.17, 15) is 9.59 Å². The number of hydrogen-bond donors (Lipinski definition) is 2. The van der Waals surface area contributed by atoms with Crippen LogP contribution < -0.4 is 10.1 Å². The summed E-state index contributed by atoms with van der Waals surface area (Å²) in [7, 11) is 1.65. The number of fused-ring (bicyclic) bond motifs is 1. The highest BCUT2D eigenvalue weighted by molar-refractivity contribution is 7.09. The quantitative estimate of drug-likeness (QED) is 0.370. The molecular formula is C28H30N4O3S. The van der Waals surface area contributed by atoms with Crippen molar-refractivity contribution in [3.63, 3.8) is 0 Å². The summed E-state index contributed by atoms with van der Waals surface area (Å²) in [4.78, 5) is 35.4. The zero-order valence-corrected chi connectivity index (χ0v) is 21.1. The monoisotopic (exact) mass is 502 g/mol. The van der Waals surface area contributed by atoms with Crippen molar-refractivity contribution >= 4 is 34.1 Å². The third-order valence-electron chi connectivity index (χ3n) is 6.80. The molecule has 2 aromatic heterocycles. The van der Waals surface area contributed by atoms with E-state index in [1.54, 1.807) is 7.11 Å². The topological polar surface area (TPSA) is 87.3 Å². The minimum atomic E-state index is -0.147. The fourth-order valence-corrected chi connectivity index (χ4v) is 5.72. The summed E-state index contributed by atoms with van der Waals surface area (Å²) in [6.45, 7) is 1.97. The van der Waals surface area contributed by atoms with E-state index >= 15 is 0 Å². The van der Waals surface area contributed by atoms with E-state index in [0.29, 0.717) is 31.7 Å². The van der Waals surface area contributed by atoms with Gasteiger partial charge >= 0.3 is 0 Å². The molecule has 0 aliphatic carbocycles. The summed E-state index contributed by atoms with van der Waals surface area (Å²) in [5.41, 5.74) is 3.68. The van der Waals surface area contributed by atoms with Gasteiger partial charge in [-0.3, -0.25) is 9.59 Å². The van der Waals surface area contributed by atoms with Crippen molar-refractivity contribution in [2.24, 2.45) is 0 Å². The van der Waals surface area contributed by atoms with Crippen molar-refractivity contribution in [1.29, 1.82) is 0 Å². The van der Waals surface area contributed by atoms with Gasteiger partial charge in [-0.1, -0.05) is 30.3 Å². The first kappa shape index (κ1) is 24.1. The lowest BCUT2D eigenvalue weighted by molar-refractivity contribution is -0.131. The number of hydrogen-bond acceptors (Lipinski definition) is 5. The maximum Gasteiger partial charge on any atom is 0.270 e. The summed E-state index contributed by atoms with van der Waals surface area (Å²) in [5, 5.41) is 6.90. The number of ether oxygens (including phenoxy) is 1. The lowest BCUT2D eigenvalue weighted by Gasteiger charge is -2.31. The van der Waals surface area contributed by atoms with Crippen molar-refractivity contribution in [2.75, 3.05) is 26.7 Å². The Labute approximate surface area is 214 Å². The molecule has 0 saturated carbocycles. The lowest BCUT2D eigenvalue weighted by Crippen LogP contribution is -2.38. The molecule has 1 fully saturated rings. The van der Waals surface area contributed by atoms with Crippen LogP contribution >= 0.6 is 11.3 Å². The molecule has 1 aliphatic rings. The molecule has 1 aliphatic heterocycles. The number of carbonyl (C=O) groups excluding carboxylic acids is 2.